The summed E-state index contributed by atoms with van der Waals surface area (Å²) in [7, 11) is 3.18. The van der Waals surface area contributed by atoms with Gasteiger partial charge in [0.15, 0.2) is 17.6 Å². The van der Waals surface area contributed by atoms with Gasteiger partial charge < -0.3 is 24.4 Å². The molecule has 0 aromatic heterocycles. The summed E-state index contributed by atoms with van der Waals surface area (Å²) in [4.78, 5) is 25.1. The summed E-state index contributed by atoms with van der Waals surface area (Å²) in [6.07, 6.45) is -0.330. The van der Waals surface area contributed by atoms with Crippen LogP contribution >= 0.6 is 0 Å². The fourth-order valence-corrected chi connectivity index (χ4v) is 3.01. The van der Waals surface area contributed by atoms with Crippen molar-refractivity contribution in [1.29, 1.82) is 0 Å². The fourth-order valence-electron chi connectivity index (χ4n) is 3.01. The highest BCUT2D eigenvalue weighted by atomic mass is 16.6. The summed E-state index contributed by atoms with van der Waals surface area (Å²) in [5.74, 6) is 0.968. The Labute approximate surface area is 168 Å². The van der Waals surface area contributed by atoms with E-state index < -0.39 is 4.92 Å². The number of fused-ring (bicyclic) bond motifs is 1. The van der Waals surface area contributed by atoms with Crippen molar-refractivity contribution in [3.05, 3.63) is 58.1 Å². The van der Waals surface area contributed by atoms with Crippen molar-refractivity contribution in [2.75, 3.05) is 45.8 Å². The lowest BCUT2D eigenvalue weighted by Crippen LogP contribution is -2.41. The molecular formula is C20H23N3O6. The van der Waals surface area contributed by atoms with Crippen molar-refractivity contribution in [2.45, 2.75) is 6.10 Å². The van der Waals surface area contributed by atoms with Crippen LogP contribution in [0.15, 0.2) is 42.5 Å². The molecule has 0 saturated carbocycles. The summed E-state index contributed by atoms with van der Waals surface area (Å²) in [5, 5.41) is 14.3. The van der Waals surface area contributed by atoms with Gasteiger partial charge in [-0.1, -0.05) is 12.1 Å². The molecule has 9 nitrogen and oxygen atoms in total. The number of carbonyl (C=O) groups excluding carboxylic acids is 1. The number of nitrogens with one attached hydrogen (secondary N) is 1. The monoisotopic (exact) mass is 401 g/mol. The quantitative estimate of drug-likeness (QED) is 0.412. The first-order chi connectivity index (χ1) is 14.0. The summed E-state index contributed by atoms with van der Waals surface area (Å²) < 4.78 is 16.5. The Hall–Kier alpha value is -3.33. The third-order valence-corrected chi connectivity index (χ3v) is 4.45. The molecule has 1 heterocycles. The number of likely N-dealkylation sites (N-methyl/N-ethyl adjacent to an activating group) is 1. The molecule has 1 aliphatic heterocycles. The summed E-state index contributed by atoms with van der Waals surface area (Å²) in [5.41, 5.74) is 0.409. The first-order valence-electron chi connectivity index (χ1n) is 9.14. The lowest BCUT2D eigenvalue weighted by molar-refractivity contribution is -0.384. The van der Waals surface area contributed by atoms with E-state index in [1.165, 1.54) is 17.0 Å². The Bertz CT molecular complexity index is 888. The van der Waals surface area contributed by atoms with E-state index in [-0.39, 0.29) is 29.8 Å². The molecular weight excluding hydrogens is 378 g/mol. The Morgan fingerprint density at radius 3 is 2.79 bits per heavy atom. The van der Waals surface area contributed by atoms with Crippen LogP contribution in [0.4, 0.5) is 11.4 Å². The number of ether oxygens (including phenoxy) is 3. The van der Waals surface area contributed by atoms with E-state index in [1.54, 1.807) is 20.2 Å². The molecule has 29 heavy (non-hydrogen) atoms. The van der Waals surface area contributed by atoms with E-state index in [2.05, 4.69) is 5.32 Å². The standard InChI is InChI=1S/C20H23N3O6/c1-22(12-15-13-28-18-5-3-4-6-19(18)29-15)20(24)14-7-8-16(21-9-10-27-2)17(11-14)23(25)26/h3-8,11,15,21H,9-10,12-13H2,1-2H3/t15-/m0/s1. The van der Waals surface area contributed by atoms with Gasteiger partial charge in [-0.05, 0) is 24.3 Å². The zero-order chi connectivity index (χ0) is 20.8. The van der Waals surface area contributed by atoms with E-state index in [0.717, 1.165) is 0 Å². The molecule has 154 valence electrons. The largest absolute Gasteiger partial charge is 0.486 e. The van der Waals surface area contributed by atoms with Gasteiger partial charge in [0.25, 0.3) is 11.6 Å². The maximum atomic E-state index is 12.8. The molecule has 2 aromatic rings. The van der Waals surface area contributed by atoms with Crippen LogP contribution in [0, 0.1) is 10.1 Å². The Kier molecular flexibility index (Phi) is 6.50. The number of amides is 1. The maximum absolute atomic E-state index is 12.8. The number of anilines is 1. The molecule has 3 rings (SSSR count). The summed E-state index contributed by atoms with van der Waals surface area (Å²) >= 11 is 0. The first-order valence-corrected chi connectivity index (χ1v) is 9.14. The maximum Gasteiger partial charge on any atom is 0.293 e. The Morgan fingerprint density at radius 1 is 1.31 bits per heavy atom. The number of carbonyl (C=O) groups is 1. The van der Waals surface area contributed by atoms with E-state index in [0.29, 0.717) is 36.9 Å². The number of rotatable bonds is 8. The smallest absolute Gasteiger partial charge is 0.293 e. The second kappa shape index (κ2) is 9.24. The normalized spacial score (nSPS) is 14.9. The number of methoxy groups -OCH3 is 1. The molecule has 9 heteroatoms. The second-order valence-electron chi connectivity index (χ2n) is 6.59. The van der Waals surface area contributed by atoms with Gasteiger partial charge in [-0.25, -0.2) is 0 Å². The van der Waals surface area contributed by atoms with Gasteiger partial charge in [0.2, 0.25) is 0 Å². The van der Waals surface area contributed by atoms with E-state index in [1.807, 2.05) is 24.3 Å². The molecule has 0 aliphatic carbocycles. The SMILES string of the molecule is COCCNc1ccc(C(=O)N(C)C[C@H]2COc3ccccc3O2)cc1[N+](=O)[O-]. The van der Waals surface area contributed by atoms with Gasteiger partial charge in [-0.2, -0.15) is 0 Å². The van der Waals surface area contributed by atoms with E-state index in [9.17, 15) is 14.9 Å². The lowest BCUT2D eigenvalue weighted by Gasteiger charge is -2.29. The van der Waals surface area contributed by atoms with Crippen LogP contribution in [-0.4, -0.2) is 62.3 Å². The summed E-state index contributed by atoms with van der Waals surface area (Å²) in [6, 6.07) is 11.7. The van der Waals surface area contributed by atoms with Gasteiger partial charge in [-0.15, -0.1) is 0 Å². The minimum atomic E-state index is -0.513. The van der Waals surface area contributed by atoms with Crippen LogP contribution in [0.25, 0.3) is 0 Å². The number of hydrogen-bond donors (Lipinski definition) is 1. The van der Waals surface area contributed by atoms with Crippen LogP contribution < -0.4 is 14.8 Å². The minimum absolute atomic E-state index is 0.161. The van der Waals surface area contributed by atoms with Crippen LogP contribution in [0.2, 0.25) is 0 Å². The highest BCUT2D eigenvalue weighted by Gasteiger charge is 2.25. The fraction of sp³-hybridized carbons (Fsp3) is 0.350. The number of nitrogens with zero attached hydrogens (tertiary/aromatic N) is 2. The number of hydrogen-bond acceptors (Lipinski definition) is 7. The number of para-hydroxylation sites is 2. The van der Waals surface area contributed by atoms with Crippen molar-refractivity contribution in [1.82, 2.24) is 4.90 Å². The van der Waals surface area contributed by atoms with E-state index >= 15 is 0 Å². The average Bonchev–Trinajstić information content (AvgIpc) is 2.73. The predicted octanol–water partition coefficient (Wildman–Crippen LogP) is 2.57. The minimum Gasteiger partial charge on any atom is -0.486 e. The van der Waals surface area contributed by atoms with Crippen molar-refractivity contribution in [3.8, 4) is 11.5 Å². The third-order valence-electron chi connectivity index (χ3n) is 4.45. The molecule has 0 fully saturated rings. The summed E-state index contributed by atoms with van der Waals surface area (Å²) in [6.45, 7) is 1.43. The molecule has 1 amide bonds. The second-order valence-corrected chi connectivity index (χ2v) is 6.59. The lowest BCUT2D eigenvalue weighted by atomic mass is 10.1. The van der Waals surface area contributed by atoms with Crippen molar-refractivity contribution < 1.29 is 23.9 Å². The highest BCUT2D eigenvalue weighted by molar-refractivity contribution is 5.95. The van der Waals surface area contributed by atoms with E-state index in [4.69, 9.17) is 14.2 Å². The zero-order valence-electron chi connectivity index (χ0n) is 16.3. The van der Waals surface area contributed by atoms with Crippen molar-refractivity contribution in [2.24, 2.45) is 0 Å². The Balaban J connectivity index is 1.67. The third kappa shape index (κ3) is 4.94. The molecule has 0 spiro atoms. The molecule has 0 unspecified atom stereocenters. The highest BCUT2D eigenvalue weighted by Crippen LogP contribution is 2.31. The average molecular weight is 401 g/mol. The van der Waals surface area contributed by atoms with Gasteiger partial charge in [0, 0.05) is 32.3 Å². The first kappa shape index (κ1) is 20.4. The van der Waals surface area contributed by atoms with Gasteiger partial charge in [-0.3, -0.25) is 14.9 Å². The van der Waals surface area contributed by atoms with Crippen molar-refractivity contribution in [3.63, 3.8) is 0 Å². The molecule has 0 radical (unpaired) electrons. The van der Waals surface area contributed by atoms with Gasteiger partial charge in [0.1, 0.15) is 12.3 Å². The number of nitro benzene ring substituents is 1. The van der Waals surface area contributed by atoms with Crippen molar-refractivity contribution >= 4 is 17.3 Å². The molecule has 0 saturated heterocycles. The molecule has 1 atom stereocenters. The topological polar surface area (TPSA) is 103 Å². The zero-order valence-corrected chi connectivity index (χ0v) is 16.3. The number of nitro groups is 1. The Morgan fingerprint density at radius 2 is 2.07 bits per heavy atom. The number of benzene rings is 2. The molecule has 0 bridgehead atoms. The van der Waals surface area contributed by atoms with Crippen LogP contribution in [0.5, 0.6) is 11.5 Å². The van der Waals surface area contributed by atoms with Gasteiger partial charge in [0.05, 0.1) is 18.1 Å². The molecule has 1 aliphatic rings. The van der Waals surface area contributed by atoms with Gasteiger partial charge >= 0.3 is 0 Å². The molecule has 2 aromatic carbocycles. The van der Waals surface area contributed by atoms with Crippen LogP contribution in [0.1, 0.15) is 10.4 Å². The molecule has 1 N–H and O–H groups in total. The van der Waals surface area contributed by atoms with Crippen LogP contribution in [0.3, 0.4) is 0 Å². The van der Waals surface area contributed by atoms with Crippen LogP contribution in [-0.2, 0) is 4.74 Å². The predicted molar refractivity (Wildman–Crippen MR) is 107 cm³/mol.